The van der Waals surface area contributed by atoms with Gasteiger partial charge in [-0.15, -0.1) is 0 Å². The molecule has 0 amide bonds. The number of benzene rings is 1. The highest BCUT2D eigenvalue weighted by Gasteiger charge is 2.06. The predicted octanol–water partition coefficient (Wildman–Crippen LogP) is 4.05. The van der Waals surface area contributed by atoms with Gasteiger partial charge in [-0.05, 0) is 24.1 Å². The molecule has 0 radical (unpaired) electrons. The molecule has 1 aromatic rings. The highest BCUT2D eigenvalue weighted by Crippen LogP contribution is 2.27. The smallest absolute Gasteiger partial charge is 0.123 e. The number of hydrogen-bond donors (Lipinski definition) is 0. The van der Waals surface area contributed by atoms with Crippen molar-refractivity contribution in [1.82, 2.24) is 0 Å². The molecule has 3 heteroatoms. The Morgan fingerprint density at radius 2 is 2.17 bits per heavy atom. The predicted molar refractivity (Wildman–Crippen MR) is 56.5 cm³/mol. The van der Waals surface area contributed by atoms with Crippen LogP contribution < -0.4 is 0 Å². The van der Waals surface area contributed by atoms with Crippen LogP contribution in [0.4, 0.5) is 4.39 Å². The number of hydrogen-bond acceptors (Lipinski definition) is 0. The first-order valence-corrected chi connectivity index (χ1v) is 5.73. The SMILES string of the molecule is Fc1cccc(C(Br)CCBr)c1. The summed E-state index contributed by atoms with van der Waals surface area (Å²) in [5.41, 5.74) is 0.995. The highest BCUT2D eigenvalue weighted by atomic mass is 79.9. The molecule has 0 nitrogen and oxygen atoms in total. The zero-order valence-corrected chi connectivity index (χ0v) is 9.61. The average molecular weight is 296 g/mol. The first kappa shape index (κ1) is 10.2. The minimum absolute atomic E-state index is 0.175. The van der Waals surface area contributed by atoms with Crippen molar-refractivity contribution in [2.45, 2.75) is 11.2 Å². The van der Waals surface area contributed by atoms with Crippen LogP contribution in [0.15, 0.2) is 24.3 Å². The van der Waals surface area contributed by atoms with Crippen LogP contribution >= 0.6 is 31.9 Å². The second kappa shape index (κ2) is 4.97. The van der Waals surface area contributed by atoms with E-state index >= 15 is 0 Å². The first-order chi connectivity index (χ1) is 5.74. The Bertz CT molecular complexity index is 250. The molecule has 0 saturated carbocycles. The minimum atomic E-state index is -0.175. The van der Waals surface area contributed by atoms with E-state index in [-0.39, 0.29) is 10.6 Å². The van der Waals surface area contributed by atoms with Crippen molar-refractivity contribution in [1.29, 1.82) is 0 Å². The molecule has 0 aliphatic heterocycles. The molecule has 1 unspecified atom stereocenters. The van der Waals surface area contributed by atoms with Gasteiger partial charge in [-0.25, -0.2) is 4.39 Å². The van der Waals surface area contributed by atoms with Gasteiger partial charge in [0.15, 0.2) is 0 Å². The maximum Gasteiger partial charge on any atom is 0.123 e. The second-order valence-electron chi connectivity index (χ2n) is 2.50. The third-order valence-electron chi connectivity index (χ3n) is 1.57. The van der Waals surface area contributed by atoms with Gasteiger partial charge >= 0.3 is 0 Å². The quantitative estimate of drug-likeness (QED) is 0.738. The van der Waals surface area contributed by atoms with Crippen molar-refractivity contribution in [3.8, 4) is 0 Å². The third-order valence-corrected chi connectivity index (χ3v) is 3.02. The van der Waals surface area contributed by atoms with Crippen molar-refractivity contribution in [2.75, 3.05) is 5.33 Å². The van der Waals surface area contributed by atoms with Crippen molar-refractivity contribution in [3.05, 3.63) is 35.6 Å². The van der Waals surface area contributed by atoms with Crippen molar-refractivity contribution < 1.29 is 4.39 Å². The van der Waals surface area contributed by atoms with Crippen molar-refractivity contribution in [2.24, 2.45) is 0 Å². The summed E-state index contributed by atoms with van der Waals surface area (Å²) in [4.78, 5) is 0.243. The summed E-state index contributed by atoms with van der Waals surface area (Å²) in [6.45, 7) is 0. The van der Waals surface area contributed by atoms with Gasteiger partial charge in [-0.2, -0.15) is 0 Å². The Morgan fingerprint density at radius 3 is 2.75 bits per heavy atom. The van der Waals surface area contributed by atoms with Gasteiger partial charge in [-0.1, -0.05) is 44.0 Å². The minimum Gasteiger partial charge on any atom is -0.207 e. The Hall–Kier alpha value is 0.110. The molecule has 1 atom stereocenters. The monoisotopic (exact) mass is 294 g/mol. The fourth-order valence-corrected chi connectivity index (χ4v) is 2.55. The van der Waals surface area contributed by atoms with Crippen LogP contribution in [0.2, 0.25) is 0 Å². The molecule has 0 N–H and O–H groups in total. The van der Waals surface area contributed by atoms with Crippen LogP contribution in [0.25, 0.3) is 0 Å². The zero-order valence-electron chi connectivity index (χ0n) is 6.43. The topological polar surface area (TPSA) is 0 Å². The van der Waals surface area contributed by atoms with Crippen LogP contribution in [0.5, 0.6) is 0 Å². The van der Waals surface area contributed by atoms with Gasteiger partial charge in [-0.3, -0.25) is 0 Å². The Balaban J connectivity index is 2.73. The summed E-state index contributed by atoms with van der Waals surface area (Å²) in [5, 5.41) is 0.916. The summed E-state index contributed by atoms with van der Waals surface area (Å²) in [5.74, 6) is -0.175. The molecule has 0 aromatic heterocycles. The van der Waals surface area contributed by atoms with E-state index in [1.165, 1.54) is 6.07 Å². The lowest BCUT2D eigenvalue weighted by Crippen LogP contribution is -1.91. The Kier molecular flexibility index (Phi) is 4.22. The number of alkyl halides is 2. The number of rotatable bonds is 3. The van der Waals surface area contributed by atoms with E-state index in [4.69, 9.17) is 0 Å². The molecule has 66 valence electrons. The average Bonchev–Trinajstić information content (AvgIpc) is 2.05. The van der Waals surface area contributed by atoms with E-state index in [0.717, 1.165) is 17.3 Å². The lowest BCUT2D eigenvalue weighted by molar-refractivity contribution is 0.625. The summed E-state index contributed by atoms with van der Waals surface area (Å²) in [6, 6.07) is 6.66. The van der Waals surface area contributed by atoms with E-state index in [1.54, 1.807) is 12.1 Å². The molecular weight excluding hydrogens is 287 g/mol. The first-order valence-electron chi connectivity index (χ1n) is 3.69. The van der Waals surface area contributed by atoms with Crippen LogP contribution in [0.1, 0.15) is 16.8 Å². The largest absolute Gasteiger partial charge is 0.207 e. The van der Waals surface area contributed by atoms with Gasteiger partial charge in [0.2, 0.25) is 0 Å². The van der Waals surface area contributed by atoms with Crippen molar-refractivity contribution >= 4 is 31.9 Å². The lowest BCUT2D eigenvalue weighted by Gasteiger charge is -2.07. The van der Waals surface area contributed by atoms with Crippen molar-refractivity contribution in [3.63, 3.8) is 0 Å². The molecule has 0 aliphatic carbocycles. The van der Waals surface area contributed by atoms with E-state index < -0.39 is 0 Å². The molecule has 0 heterocycles. The highest BCUT2D eigenvalue weighted by molar-refractivity contribution is 9.09. The normalized spacial score (nSPS) is 12.9. The summed E-state index contributed by atoms with van der Waals surface area (Å²) < 4.78 is 12.7. The second-order valence-corrected chi connectivity index (χ2v) is 4.40. The molecule has 12 heavy (non-hydrogen) atoms. The van der Waals surface area contributed by atoms with Crippen LogP contribution in [0.3, 0.4) is 0 Å². The molecule has 1 rings (SSSR count). The molecular formula is C9H9Br2F. The Morgan fingerprint density at radius 1 is 1.42 bits per heavy atom. The molecule has 0 aliphatic rings. The standard InChI is InChI=1S/C9H9Br2F/c10-5-4-9(11)7-2-1-3-8(12)6-7/h1-3,6,9H,4-5H2. The van der Waals surface area contributed by atoms with Gasteiger partial charge in [0, 0.05) is 10.2 Å². The van der Waals surface area contributed by atoms with Gasteiger partial charge in [0.1, 0.15) is 5.82 Å². The van der Waals surface area contributed by atoms with Crippen LogP contribution in [-0.4, -0.2) is 5.33 Å². The van der Waals surface area contributed by atoms with Gasteiger partial charge in [0.25, 0.3) is 0 Å². The summed E-state index contributed by atoms with van der Waals surface area (Å²) in [6.07, 6.45) is 0.962. The fourth-order valence-electron chi connectivity index (χ4n) is 0.964. The molecule has 1 aromatic carbocycles. The van der Waals surface area contributed by atoms with Gasteiger partial charge in [0.05, 0.1) is 0 Å². The lowest BCUT2D eigenvalue weighted by atomic mass is 10.1. The molecule has 0 fully saturated rings. The summed E-state index contributed by atoms with van der Waals surface area (Å²) in [7, 11) is 0. The van der Waals surface area contributed by atoms with E-state index in [0.29, 0.717) is 0 Å². The summed E-state index contributed by atoms with van der Waals surface area (Å²) >= 11 is 6.83. The fraction of sp³-hybridized carbons (Fsp3) is 0.333. The van der Waals surface area contributed by atoms with E-state index in [9.17, 15) is 4.39 Å². The van der Waals surface area contributed by atoms with Crippen LogP contribution in [-0.2, 0) is 0 Å². The maximum absolute atomic E-state index is 12.7. The molecule has 0 saturated heterocycles. The zero-order chi connectivity index (χ0) is 8.97. The van der Waals surface area contributed by atoms with E-state index in [2.05, 4.69) is 31.9 Å². The molecule has 0 spiro atoms. The van der Waals surface area contributed by atoms with Crippen LogP contribution in [0, 0.1) is 5.82 Å². The number of halogens is 3. The van der Waals surface area contributed by atoms with E-state index in [1.807, 2.05) is 6.07 Å². The third kappa shape index (κ3) is 2.87. The maximum atomic E-state index is 12.7. The van der Waals surface area contributed by atoms with Gasteiger partial charge < -0.3 is 0 Å². The molecule has 0 bridgehead atoms. The Labute approximate surface area is 88.4 Å².